The predicted molar refractivity (Wildman–Crippen MR) is 154 cm³/mol. The zero-order valence-electron chi connectivity index (χ0n) is 23.7. The van der Waals surface area contributed by atoms with Crippen LogP contribution in [0.3, 0.4) is 0 Å². The van der Waals surface area contributed by atoms with Gasteiger partial charge in [-0.3, -0.25) is 14.4 Å². The van der Waals surface area contributed by atoms with Crippen molar-refractivity contribution in [2.24, 2.45) is 23.5 Å². The van der Waals surface area contributed by atoms with Crippen molar-refractivity contribution in [3.05, 3.63) is 57.3 Å². The summed E-state index contributed by atoms with van der Waals surface area (Å²) in [7, 11) is 3.21. The van der Waals surface area contributed by atoms with Gasteiger partial charge in [0.2, 0.25) is 5.91 Å². The molecular formula is C29H28ClF3N4O8. The quantitative estimate of drug-likeness (QED) is 0.191. The Morgan fingerprint density at radius 3 is 2.33 bits per heavy atom. The summed E-state index contributed by atoms with van der Waals surface area (Å²) in [6, 6.07) is 2.81. The molecule has 5 rings (SSSR count). The molecular weight excluding hydrogens is 625 g/mol. The number of halogens is 4. The molecule has 1 fully saturated rings. The average Bonchev–Trinajstić information content (AvgIpc) is 2.92. The van der Waals surface area contributed by atoms with E-state index in [1.807, 2.05) is 0 Å². The molecule has 0 radical (unpaired) electrons. The van der Waals surface area contributed by atoms with E-state index in [0.29, 0.717) is 17.3 Å². The standard InChI is InChI=1S/C29H28ClF3N4O8/c1-37(2)17-9-16(36-27(44)35-15-4-3-12(30)8-14(15)29(31,32)33)22(39)20-13(17)6-10-5-11-7-18(38)21(26(34)43)25(42)28(11,45)24(41)19(10)23(20)40/h3-4,8-11,18,21,38-39,41,45H,5-7H2,1-2H3,(H2,34,43)(H2,35,36,44)/t10-,11+,18?,21?,28+/m1/s1. The highest BCUT2D eigenvalue weighted by atomic mass is 35.5. The van der Waals surface area contributed by atoms with E-state index in [1.165, 1.54) is 6.07 Å². The van der Waals surface area contributed by atoms with Gasteiger partial charge in [0.15, 0.2) is 22.9 Å². The van der Waals surface area contributed by atoms with E-state index in [1.54, 1.807) is 19.0 Å². The molecule has 16 heteroatoms. The van der Waals surface area contributed by atoms with E-state index < -0.39 is 87.5 Å². The molecule has 3 aliphatic carbocycles. The number of Topliss-reactive ketones (excluding diaryl/α,β-unsaturated/α-hetero) is 2. The number of nitrogens with two attached hydrogens (primary N) is 1. The van der Waals surface area contributed by atoms with Crippen LogP contribution in [0.15, 0.2) is 35.6 Å². The monoisotopic (exact) mass is 652 g/mol. The summed E-state index contributed by atoms with van der Waals surface area (Å²) in [5.74, 6) is -8.93. The van der Waals surface area contributed by atoms with Crippen molar-refractivity contribution in [1.82, 2.24) is 0 Å². The number of anilines is 3. The van der Waals surface area contributed by atoms with Crippen LogP contribution in [0.1, 0.15) is 34.3 Å². The number of carbonyl (C=O) groups is 4. The maximum atomic E-state index is 14.0. The summed E-state index contributed by atoms with van der Waals surface area (Å²) in [5, 5.41) is 48.4. The second-order valence-corrected chi connectivity index (χ2v) is 12.0. The van der Waals surface area contributed by atoms with Crippen molar-refractivity contribution in [3.8, 4) is 5.75 Å². The topological polar surface area (TPSA) is 203 Å². The van der Waals surface area contributed by atoms with Crippen molar-refractivity contribution in [3.63, 3.8) is 0 Å². The molecule has 0 spiro atoms. The lowest BCUT2D eigenvalue weighted by Crippen LogP contribution is -2.63. The number of hydrogen-bond donors (Lipinski definition) is 7. The zero-order valence-corrected chi connectivity index (χ0v) is 24.5. The molecule has 0 bridgehead atoms. The van der Waals surface area contributed by atoms with E-state index >= 15 is 0 Å². The smallest absolute Gasteiger partial charge is 0.418 e. The van der Waals surface area contributed by atoms with E-state index in [2.05, 4.69) is 10.6 Å². The molecule has 12 nitrogen and oxygen atoms in total. The average molecular weight is 653 g/mol. The Morgan fingerprint density at radius 2 is 1.73 bits per heavy atom. The maximum absolute atomic E-state index is 14.0. The van der Waals surface area contributed by atoms with Gasteiger partial charge < -0.3 is 41.7 Å². The minimum Gasteiger partial charge on any atom is -0.508 e. The van der Waals surface area contributed by atoms with E-state index in [9.17, 15) is 52.8 Å². The molecule has 45 heavy (non-hydrogen) atoms. The molecule has 0 aliphatic heterocycles. The first-order valence-electron chi connectivity index (χ1n) is 13.6. The number of alkyl halides is 3. The van der Waals surface area contributed by atoms with Crippen molar-refractivity contribution < 1.29 is 52.8 Å². The number of hydrogen-bond acceptors (Lipinski definition) is 9. The first-order chi connectivity index (χ1) is 20.9. The van der Waals surface area contributed by atoms with Crippen molar-refractivity contribution in [1.29, 1.82) is 0 Å². The highest BCUT2D eigenvalue weighted by Gasteiger charge is 2.62. The first-order valence-corrected chi connectivity index (χ1v) is 14.0. The molecule has 3 amide bonds. The van der Waals surface area contributed by atoms with Crippen molar-refractivity contribution in [2.45, 2.75) is 37.1 Å². The lowest BCUT2D eigenvalue weighted by Gasteiger charge is -2.48. The van der Waals surface area contributed by atoms with Gasteiger partial charge in [0, 0.05) is 36.3 Å². The number of urea groups is 1. The number of primary amides is 1. The molecule has 0 aromatic heterocycles. The van der Waals surface area contributed by atoms with Crippen LogP contribution >= 0.6 is 11.6 Å². The van der Waals surface area contributed by atoms with Gasteiger partial charge in [-0.1, -0.05) is 11.6 Å². The van der Waals surface area contributed by atoms with Crippen LogP contribution in [0, 0.1) is 17.8 Å². The summed E-state index contributed by atoms with van der Waals surface area (Å²) in [6.45, 7) is 0. The number of benzene rings is 2. The van der Waals surface area contributed by atoms with Crippen molar-refractivity contribution >= 4 is 52.2 Å². The van der Waals surface area contributed by atoms with E-state index in [4.69, 9.17) is 17.3 Å². The van der Waals surface area contributed by atoms with Crippen LogP contribution in [0.2, 0.25) is 5.02 Å². The van der Waals surface area contributed by atoms with E-state index in [-0.39, 0.29) is 35.5 Å². The van der Waals surface area contributed by atoms with Gasteiger partial charge in [-0.15, -0.1) is 0 Å². The highest BCUT2D eigenvalue weighted by molar-refractivity contribution is 6.30. The third-order valence-corrected chi connectivity index (χ3v) is 8.87. The van der Waals surface area contributed by atoms with Gasteiger partial charge in [0.1, 0.15) is 11.7 Å². The molecule has 2 aromatic rings. The third-order valence-electron chi connectivity index (χ3n) is 8.63. The fourth-order valence-electron chi connectivity index (χ4n) is 6.61. The molecule has 2 unspecified atom stereocenters. The molecule has 240 valence electrons. The van der Waals surface area contributed by atoms with Crippen LogP contribution < -0.4 is 21.3 Å². The van der Waals surface area contributed by atoms with Gasteiger partial charge in [0.25, 0.3) is 0 Å². The summed E-state index contributed by atoms with van der Waals surface area (Å²) in [6.07, 6.45) is -6.67. The molecule has 5 atom stereocenters. The van der Waals surface area contributed by atoms with Crippen LogP contribution in [0.25, 0.3) is 0 Å². The molecule has 1 saturated carbocycles. The number of fused-ring (bicyclic) bond motifs is 3. The van der Waals surface area contributed by atoms with Crippen LogP contribution in [-0.4, -0.2) is 69.7 Å². The second kappa shape index (κ2) is 10.9. The summed E-state index contributed by atoms with van der Waals surface area (Å²) < 4.78 is 40.6. The number of aliphatic hydroxyl groups is 3. The normalized spacial score (nSPS) is 26.0. The van der Waals surface area contributed by atoms with Crippen LogP contribution in [0.4, 0.5) is 35.0 Å². The fraction of sp³-hybridized carbons (Fsp3) is 0.379. The fourth-order valence-corrected chi connectivity index (χ4v) is 6.78. The molecule has 0 saturated heterocycles. The minimum absolute atomic E-state index is 0.0177. The number of rotatable bonds is 4. The third kappa shape index (κ3) is 5.14. The Balaban J connectivity index is 1.56. The first kappa shape index (κ1) is 32.1. The lowest BCUT2D eigenvalue weighted by atomic mass is 9.58. The number of allylic oxidation sites excluding steroid dienone is 1. The number of nitrogens with one attached hydrogen (secondary N) is 2. The Kier molecular flexibility index (Phi) is 7.78. The van der Waals surface area contributed by atoms with Gasteiger partial charge in [-0.05, 0) is 55.0 Å². The number of aromatic hydroxyl groups is 1. The Hall–Kier alpha value is -4.34. The predicted octanol–water partition coefficient (Wildman–Crippen LogP) is 3.13. The van der Waals surface area contributed by atoms with Gasteiger partial charge in [-0.2, -0.15) is 13.2 Å². The number of amides is 3. The lowest BCUT2D eigenvalue weighted by molar-refractivity contribution is -0.167. The SMILES string of the molecule is CN(C)c1cc(NC(=O)Nc2ccc(Cl)cc2C(F)(F)F)c(O)c2c1C[C@H]1C[C@H]3CC(O)C(C(N)=O)C(=O)[C@@]3(O)C(O)=C1C2=O. The minimum atomic E-state index is -4.86. The largest absolute Gasteiger partial charge is 0.508 e. The van der Waals surface area contributed by atoms with Crippen LogP contribution in [-0.2, 0) is 22.2 Å². The van der Waals surface area contributed by atoms with Gasteiger partial charge in [-0.25, -0.2) is 4.79 Å². The summed E-state index contributed by atoms with van der Waals surface area (Å²) in [4.78, 5) is 53.5. The molecule has 8 N–H and O–H groups in total. The van der Waals surface area contributed by atoms with E-state index in [0.717, 1.165) is 12.1 Å². The molecule has 0 heterocycles. The number of nitrogens with zero attached hydrogens (tertiary/aromatic N) is 1. The number of phenolic OH excluding ortho intramolecular Hbond substituents is 1. The summed E-state index contributed by atoms with van der Waals surface area (Å²) in [5.41, 5.74) is 0.186. The summed E-state index contributed by atoms with van der Waals surface area (Å²) >= 11 is 5.69. The van der Waals surface area contributed by atoms with Gasteiger partial charge >= 0.3 is 12.2 Å². The highest BCUT2D eigenvalue weighted by Crippen LogP contribution is 2.53. The Morgan fingerprint density at radius 1 is 1.09 bits per heavy atom. The zero-order chi connectivity index (χ0) is 33.3. The number of carbonyl (C=O) groups excluding carboxylic acids is 4. The number of ketones is 2. The van der Waals surface area contributed by atoms with Crippen molar-refractivity contribution in [2.75, 3.05) is 29.6 Å². The Bertz CT molecular complexity index is 1690. The number of aliphatic hydroxyl groups excluding tert-OH is 2. The Labute approximate surface area is 258 Å². The number of phenols is 1. The van der Waals surface area contributed by atoms with Crippen LogP contribution in [0.5, 0.6) is 5.75 Å². The van der Waals surface area contributed by atoms with Gasteiger partial charge in [0.05, 0.1) is 28.6 Å². The maximum Gasteiger partial charge on any atom is 0.418 e. The molecule has 2 aromatic carbocycles. The molecule has 3 aliphatic rings. The second-order valence-electron chi connectivity index (χ2n) is 11.5.